The van der Waals surface area contributed by atoms with Crippen molar-refractivity contribution in [3.63, 3.8) is 0 Å². The summed E-state index contributed by atoms with van der Waals surface area (Å²) < 4.78 is 11.7. The van der Waals surface area contributed by atoms with Gasteiger partial charge < -0.3 is 14.6 Å². The maximum absolute atomic E-state index is 10.5. The highest BCUT2D eigenvalue weighted by Gasteiger charge is 2.29. The number of benzene rings is 2. The van der Waals surface area contributed by atoms with Crippen LogP contribution in [0, 0.1) is 5.92 Å². The van der Waals surface area contributed by atoms with Gasteiger partial charge in [0.25, 0.3) is 0 Å². The van der Waals surface area contributed by atoms with E-state index in [2.05, 4.69) is 45.1 Å². The van der Waals surface area contributed by atoms with Crippen LogP contribution in [0.2, 0.25) is 0 Å². The zero-order valence-corrected chi connectivity index (χ0v) is 16.9. The minimum atomic E-state index is -0.276. The Labute approximate surface area is 163 Å². The third-order valence-electron chi connectivity index (χ3n) is 5.07. The molecule has 1 N–H and O–H groups in total. The number of hydrogen-bond donors (Lipinski definition) is 1. The molecule has 5 heteroatoms. The minimum Gasteiger partial charge on any atom is -0.493 e. The lowest BCUT2D eigenvalue weighted by Crippen LogP contribution is -2.43. The zero-order chi connectivity index (χ0) is 18.5. The van der Waals surface area contributed by atoms with E-state index >= 15 is 0 Å². The van der Waals surface area contributed by atoms with E-state index in [1.54, 1.807) is 14.2 Å². The summed E-state index contributed by atoms with van der Waals surface area (Å²) in [5.41, 5.74) is 2.45. The highest BCUT2D eigenvalue weighted by Crippen LogP contribution is 2.39. The summed E-state index contributed by atoms with van der Waals surface area (Å²) in [5.74, 6) is 1.61. The molecule has 26 heavy (non-hydrogen) atoms. The molecule has 0 bridgehead atoms. The number of nitrogens with zero attached hydrogens (tertiary/aromatic N) is 1. The maximum atomic E-state index is 10.5. The summed E-state index contributed by atoms with van der Waals surface area (Å²) in [6.07, 6.45) is 1.33. The van der Waals surface area contributed by atoms with Gasteiger partial charge in [0.05, 0.1) is 24.8 Å². The summed E-state index contributed by atoms with van der Waals surface area (Å²) in [6.45, 7) is 2.74. The van der Waals surface area contributed by atoms with Crippen LogP contribution in [0.3, 0.4) is 0 Å². The van der Waals surface area contributed by atoms with Crippen LogP contribution >= 0.6 is 15.9 Å². The monoisotopic (exact) mass is 419 g/mol. The van der Waals surface area contributed by atoms with Crippen LogP contribution < -0.4 is 9.47 Å². The van der Waals surface area contributed by atoms with Gasteiger partial charge in [-0.2, -0.15) is 0 Å². The first kappa shape index (κ1) is 19.2. The molecular formula is C21H26BrNO3. The van der Waals surface area contributed by atoms with E-state index in [0.717, 1.165) is 42.5 Å². The highest BCUT2D eigenvalue weighted by atomic mass is 79.9. The number of hydrogen-bond acceptors (Lipinski definition) is 4. The lowest BCUT2D eigenvalue weighted by Gasteiger charge is -2.36. The van der Waals surface area contributed by atoms with Crippen molar-refractivity contribution >= 4 is 15.9 Å². The van der Waals surface area contributed by atoms with E-state index in [1.807, 2.05) is 18.2 Å². The van der Waals surface area contributed by atoms with Gasteiger partial charge in [-0.1, -0.05) is 36.4 Å². The second-order valence-electron chi connectivity index (χ2n) is 6.82. The van der Waals surface area contributed by atoms with Crippen LogP contribution in [-0.2, 0) is 13.0 Å². The number of methoxy groups -OCH3 is 2. The molecule has 0 radical (unpaired) electrons. The smallest absolute Gasteiger partial charge is 0.175 e. The van der Waals surface area contributed by atoms with Crippen molar-refractivity contribution in [2.24, 2.45) is 5.92 Å². The molecule has 1 heterocycles. The van der Waals surface area contributed by atoms with Gasteiger partial charge in [0.2, 0.25) is 0 Å². The number of halogens is 1. The number of aliphatic hydroxyl groups is 1. The Bertz CT molecular complexity index is 723. The summed E-state index contributed by atoms with van der Waals surface area (Å²) in [6, 6.07) is 14.5. The van der Waals surface area contributed by atoms with Gasteiger partial charge in [0.15, 0.2) is 11.5 Å². The van der Waals surface area contributed by atoms with E-state index in [9.17, 15) is 5.11 Å². The topological polar surface area (TPSA) is 41.9 Å². The maximum Gasteiger partial charge on any atom is 0.175 e. The molecule has 1 saturated heterocycles. The molecule has 1 aliphatic rings. The predicted octanol–water partition coefficient (Wildman–Crippen LogP) is 3.89. The standard InChI is InChI=1S/C21H26BrNO3/c1-25-19-9-8-16(20(22)21(19)26-2)12-17-14-23(11-10-18(17)24)13-15-6-4-3-5-7-15/h3-9,17-18,24H,10-14H2,1-2H3. The molecule has 0 saturated carbocycles. The molecule has 2 atom stereocenters. The van der Waals surface area contributed by atoms with Crippen LogP contribution in [0.4, 0.5) is 0 Å². The third kappa shape index (κ3) is 4.40. The van der Waals surface area contributed by atoms with Crippen LogP contribution in [-0.4, -0.2) is 43.4 Å². The first-order valence-corrected chi connectivity index (χ1v) is 9.75. The van der Waals surface area contributed by atoms with E-state index in [1.165, 1.54) is 5.56 Å². The lowest BCUT2D eigenvalue weighted by molar-refractivity contribution is 0.0238. The SMILES string of the molecule is COc1ccc(CC2CN(Cc3ccccc3)CCC2O)c(Br)c1OC. The summed E-state index contributed by atoms with van der Waals surface area (Å²) in [7, 11) is 3.28. The molecule has 2 unspecified atom stereocenters. The van der Waals surface area contributed by atoms with Crippen LogP contribution in [0.25, 0.3) is 0 Å². The fourth-order valence-electron chi connectivity index (χ4n) is 3.65. The average Bonchev–Trinajstić information content (AvgIpc) is 2.66. The number of aliphatic hydroxyl groups excluding tert-OH is 1. The second kappa shape index (κ2) is 8.89. The number of ether oxygens (including phenoxy) is 2. The Morgan fingerprint density at radius 1 is 1.12 bits per heavy atom. The first-order chi connectivity index (χ1) is 12.6. The molecule has 3 rings (SSSR count). The molecule has 1 fully saturated rings. The van der Waals surface area contributed by atoms with Crippen molar-refractivity contribution in [1.82, 2.24) is 4.90 Å². The number of rotatable bonds is 6. The summed E-state index contributed by atoms with van der Waals surface area (Å²) in [4.78, 5) is 2.43. The van der Waals surface area contributed by atoms with Gasteiger partial charge in [-0.25, -0.2) is 0 Å². The predicted molar refractivity (Wildman–Crippen MR) is 107 cm³/mol. The van der Waals surface area contributed by atoms with Gasteiger partial charge in [-0.15, -0.1) is 0 Å². The fraction of sp³-hybridized carbons (Fsp3) is 0.429. The van der Waals surface area contributed by atoms with Crippen molar-refractivity contribution < 1.29 is 14.6 Å². The minimum absolute atomic E-state index is 0.196. The molecule has 140 valence electrons. The van der Waals surface area contributed by atoms with E-state index in [4.69, 9.17) is 9.47 Å². The normalized spacial score (nSPS) is 20.8. The van der Waals surface area contributed by atoms with Gasteiger partial charge in [-0.05, 0) is 46.0 Å². The fourth-order valence-corrected chi connectivity index (χ4v) is 4.30. The molecule has 1 aliphatic heterocycles. The highest BCUT2D eigenvalue weighted by molar-refractivity contribution is 9.10. The van der Waals surface area contributed by atoms with Gasteiger partial charge >= 0.3 is 0 Å². The summed E-state index contributed by atoms with van der Waals surface area (Å²) >= 11 is 3.65. The molecule has 0 aliphatic carbocycles. The van der Waals surface area contributed by atoms with E-state index in [0.29, 0.717) is 11.5 Å². The van der Waals surface area contributed by atoms with Crippen molar-refractivity contribution in [2.75, 3.05) is 27.3 Å². The molecule has 0 aromatic heterocycles. The van der Waals surface area contributed by atoms with Crippen molar-refractivity contribution in [1.29, 1.82) is 0 Å². The van der Waals surface area contributed by atoms with E-state index in [-0.39, 0.29) is 12.0 Å². The molecule has 0 spiro atoms. The van der Waals surface area contributed by atoms with Crippen molar-refractivity contribution in [3.8, 4) is 11.5 Å². The molecule has 2 aromatic carbocycles. The van der Waals surface area contributed by atoms with Gasteiger partial charge in [0, 0.05) is 25.6 Å². The van der Waals surface area contributed by atoms with E-state index < -0.39 is 0 Å². The van der Waals surface area contributed by atoms with Crippen LogP contribution in [0.5, 0.6) is 11.5 Å². The largest absolute Gasteiger partial charge is 0.493 e. The summed E-state index contributed by atoms with van der Waals surface area (Å²) in [5, 5.41) is 10.5. The zero-order valence-electron chi connectivity index (χ0n) is 15.3. The Morgan fingerprint density at radius 3 is 2.58 bits per heavy atom. The Kier molecular flexibility index (Phi) is 6.57. The quantitative estimate of drug-likeness (QED) is 0.770. The Morgan fingerprint density at radius 2 is 1.88 bits per heavy atom. The Hall–Kier alpha value is -1.56. The average molecular weight is 420 g/mol. The molecular weight excluding hydrogens is 394 g/mol. The number of likely N-dealkylation sites (tertiary alicyclic amines) is 1. The number of piperidine rings is 1. The van der Waals surface area contributed by atoms with Crippen LogP contribution in [0.15, 0.2) is 46.9 Å². The Balaban J connectivity index is 1.72. The van der Waals surface area contributed by atoms with Crippen LogP contribution in [0.1, 0.15) is 17.5 Å². The van der Waals surface area contributed by atoms with Gasteiger partial charge in [0.1, 0.15) is 0 Å². The molecule has 2 aromatic rings. The van der Waals surface area contributed by atoms with Crippen molar-refractivity contribution in [2.45, 2.75) is 25.5 Å². The lowest BCUT2D eigenvalue weighted by atomic mass is 9.88. The molecule has 0 amide bonds. The van der Waals surface area contributed by atoms with Gasteiger partial charge in [-0.3, -0.25) is 4.90 Å². The third-order valence-corrected chi connectivity index (χ3v) is 5.94. The molecule has 4 nitrogen and oxygen atoms in total. The first-order valence-electron chi connectivity index (χ1n) is 8.96. The van der Waals surface area contributed by atoms with Crippen molar-refractivity contribution in [3.05, 3.63) is 58.1 Å². The second-order valence-corrected chi connectivity index (χ2v) is 7.61.